The van der Waals surface area contributed by atoms with E-state index >= 15 is 0 Å². The number of hydrogen-bond donors (Lipinski definition) is 0. The standard InChI is InChI=1S/C15H20Br2O2/c1-10-7-14(8-11(2)18-10)19-15(9-16)12-3-5-13(17)6-4-12/h3-6,10-11,14-15H,7-9H2,1-2H3. The summed E-state index contributed by atoms with van der Waals surface area (Å²) in [5, 5.41) is 0.814. The summed E-state index contributed by atoms with van der Waals surface area (Å²) in [5.41, 5.74) is 1.21. The van der Waals surface area contributed by atoms with Crippen LogP contribution >= 0.6 is 31.9 Å². The van der Waals surface area contributed by atoms with Gasteiger partial charge in [0.1, 0.15) is 0 Å². The van der Waals surface area contributed by atoms with Crippen molar-refractivity contribution in [3.63, 3.8) is 0 Å². The van der Waals surface area contributed by atoms with Gasteiger partial charge in [-0.05, 0) is 44.4 Å². The summed E-state index contributed by atoms with van der Waals surface area (Å²) in [6.45, 7) is 4.24. The predicted octanol–water partition coefficient (Wildman–Crippen LogP) is 4.86. The maximum absolute atomic E-state index is 6.27. The molecule has 0 aliphatic carbocycles. The van der Waals surface area contributed by atoms with Crippen LogP contribution in [0.4, 0.5) is 0 Å². The van der Waals surface area contributed by atoms with Crippen molar-refractivity contribution in [3.8, 4) is 0 Å². The fraction of sp³-hybridized carbons (Fsp3) is 0.600. The Hall–Kier alpha value is 0.1000. The van der Waals surface area contributed by atoms with Crippen LogP contribution in [-0.4, -0.2) is 23.6 Å². The van der Waals surface area contributed by atoms with E-state index < -0.39 is 0 Å². The molecule has 0 bridgehead atoms. The van der Waals surface area contributed by atoms with E-state index in [9.17, 15) is 0 Å². The van der Waals surface area contributed by atoms with Gasteiger partial charge in [0.05, 0.1) is 24.4 Å². The van der Waals surface area contributed by atoms with Crippen LogP contribution in [0.25, 0.3) is 0 Å². The molecule has 0 saturated carbocycles. The Morgan fingerprint density at radius 2 is 1.79 bits per heavy atom. The SMILES string of the molecule is CC1CC(OC(CBr)c2ccc(Br)cc2)CC(C)O1. The molecule has 1 aromatic rings. The van der Waals surface area contributed by atoms with Crippen LogP contribution in [0.15, 0.2) is 28.7 Å². The summed E-state index contributed by atoms with van der Waals surface area (Å²) in [5.74, 6) is 0. The first-order chi connectivity index (χ1) is 9.08. The van der Waals surface area contributed by atoms with Gasteiger partial charge in [0, 0.05) is 9.80 Å². The van der Waals surface area contributed by atoms with Crippen molar-refractivity contribution < 1.29 is 9.47 Å². The fourth-order valence-electron chi connectivity index (χ4n) is 2.57. The molecule has 0 amide bonds. The van der Waals surface area contributed by atoms with Crippen molar-refractivity contribution in [2.75, 3.05) is 5.33 Å². The maximum atomic E-state index is 6.27. The third-order valence-corrected chi connectivity index (χ3v) is 4.51. The average molecular weight is 392 g/mol. The van der Waals surface area contributed by atoms with E-state index in [2.05, 4.69) is 70.0 Å². The lowest BCUT2D eigenvalue weighted by Gasteiger charge is -2.34. The Morgan fingerprint density at radius 3 is 2.32 bits per heavy atom. The van der Waals surface area contributed by atoms with Gasteiger partial charge in [-0.3, -0.25) is 0 Å². The molecule has 3 atom stereocenters. The second-order valence-electron chi connectivity index (χ2n) is 5.18. The number of rotatable bonds is 4. The van der Waals surface area contributed by atoms with Gasteiger partial charge in [0.25, 0.3) is 0 Å². The monoisotopic (exact) mass is 390 g/mol. The van der Waals surface area contributed by atoms with Gasteiger partial charge in [-0.15, -0.1) is 0 Å². The third kappa shape index (κ3) is 4.55. The molecular formula is C15H20Br2O2. The summed E-state index contributed by atoms with van der Waals surface area (Å²) < 4.78 is 13.1. The van der Waals surface area contributed by atoms with E-state index in [1.54, 1.807) is 0 Å². The Labute approximate surface area is 132 Å². The van der Waals surface area contributed by atoms with E-state index in [1.165, 1.54) is 5.56 Å². The fourth-order valence-corrected chi connectivity index (χ4v) is 3.36. The zero-order valence-electron chi connectivity index (χ0n) is 11.3. The van der Waals surface area contributed by atoms with Crippen molar-refractivity contribution in [2.24, 2.45) is 0 Å². The molecule has 2 rings (SSSR count). The molecule has 1 fully saturated rings. The lowest BCUT2D eigenvalue weighted by molar-refractivity contribution is -0.118. The minimum absolute atomic E-state index is 0.107. The second kappa shape index (κ2) is 7.21. The van der Waals surface area contributed by atoms with Crippen molar-refractivity contribution in [1.29, 1.82) is 0 Å². The lowest BCUT2D eigenvalue weighted by atomic mass is 10.0. The number of hydrogen-bond acceptors (Lipinski definition) is 2. The molecule has 1 heterocycles. The highest BCUT2D eigenvalue weighted by molar-refractivity contribution is 9.10. The molecule has 1 saturated heterocycles. The summed E-state index contributed by atoms with van der Waals surface area (Å²) in [6, 6.07) is 8.34. The normalized spacial score (nSPS) is 29.2. The van der Waals surface area contributed by atoms with E-state index in [0.717, 1.165) is 22.6 Å². The first kappa shape index (κ1) is 15.5. The number of ether oxygens (including phenoxy) is 2. The third-order valence-electron chi connectivity index (χ3n) is 3.39. The quantitative estimate of drug-likeness (QED) is 0.682. The molecule has 0 N–H and O–H groups in total. The molecule has 106 valence electrons. The van der Waals surface area contributed by atoms with Gasteiger partial charge < -0.3 is 9.47 Å². The summed E-state index contributed by atoms with van der Waals surface area (Å²) >= 11 is 7.02. The van der Waals surface area contributed by atoms with Crippen LogP contribution in [0.5, 0.6) is 0 Å². The molecule has 19 heavy (non-hydrogen) atoms. The van der Waals surface area contributed by atoms with Crippen LogP contribution < -0.4 is 0 Å². The van der Waals surface area contributed by atoms with Crippen molar-refractivity contribution in [2.45, 2.75) is 51.1 Å². The van der Waals surface area contributed by atoms with Crippen LogP contribution in [0.1, 0.15) is 38.4 Å². The lowest BCUT2D eigenvalue weighted by Crippen LogP contribution is -2.35. The van der Waals surface area contributed by atoms with Crippen LogP contribution in [0.3, 0.4) is 0 Å². The maximum Gasteiger partial charge on any atom is 0.0925 e. The number of alkyl halides is 1. The molecule has 1 aliphatic rings. The van der Waals surface area contributed by atoms with Crippen LogP contribution in [-0.2, 0) is 9.47 Å². The van der Waals surface area contributed by atoms with Gasteiger partial charge >= 0.3 is 0 Å². The second-order valence-corrected chi connectivity index (χ2v) is 6.74. The highest BCUT2D eigenvalue weighted by Crippen LogP contribution is 2.29. The topological polar surface area (TPSA) is 18.5 Å². The average Bonchev–Trinajstić information content (AvgIpc) is 2.36. The highest BCUT2D eigenvalue weighted by Gasteiger charge is 2.27. The molecule has 2 nitrogen and oxygen atoms in total. The van der Waals surface area contributed by atoms with Gasteiger partial charge in [0.15, 0.2) is 0 Å². The number of benzene rings is 1. The summed E-state index contributed by atoms with van der Waals surface area (Å²) in [4.78, 5) is 0. The largest absolute Gasteiger partial charge is 0.375 e. The van der Waals surface area contributed by atoms with Gasteiger partial charge in [0.2, 0.25) is 0 Å². The molecule has 0 radical (unpaired) electrons. The van der Waals surface area contributed by atoms with E-state index in [0.29, 0.717) is 0 Å². The Morgan fingerprint density at radius 1 is 1.21 bits per heavy atom. The summed E-state index contributed by atoms with van der Waals surface area (Å²) in [7, 11) is 0. The smallest absolute Gasteiger partial charge is 0.0925 e. The molecule has 3 unspecified atom stereocenters. The zero-order valence-corrected chi connectivity index (χ0v) is 14.5. The molecule has 0 spiro atoms. The van der Waals surface area contributed by atoms with Crippen molar-refractivity contribution in [1.82, 2.24) is 0 Å². The van der Waals surface area contributed by atoms with E-state index in [1.807, 2.05) is 0 Å². The Bertz CT molecular complexity index is 384. The molecular weight excluding hydrogens is 372 g/mol. The van der Waals surface area contributed by atoms with Crippen molar-refractivity contribution in [3.05, 3.63) is 34.3 Å². The molecule has 4 heteroatoms. The van der Waals surface area contributed by atoms with Gasteiger partial charge in [-0.25, -0.2) is 0 Å². The summed E-state index contributed by atoms with van der Waals surface area (Å²) in [6.07, 6.45) is 2.92. The van der Waals surface area contributed by atoms with Gasteiger partial charge in [-0.2, -0.15) is 0 Å². The minimum Gasteiger partial charge on any atom is -0.375 e. The molecule has 1 aromatic carbocycles. The highest BCUT2D eigenvalue weighted by atomic mass is 79.9. The van der Waals surface area contributed by atoms with E-state index in [4.69, 9.17) is 9.47 Å². The Balaban J connectivity index is 2.00. The van der Waals surface area contributed by atoms with Crippen LogP contribution in [0.2, 0.25) is 0 Å². The Kier molecular flexibility index (Phi) is 5.87. The molecule has 1 aliphatic heterocycles. The minimum atomic E-state index is 0.107. The predicted molar refractivity (Wildman–Crippen MR) is 84.8 cm³/mol. The van der Waals surface area contributed by atoms with E-state index in [-0.39, 0.29) is 24.4 Å². The number of halogens is 2. The van der Waals surface area contributed by atoms with Crippen molar-refractivity contribution >= 4 is 31.9 Å². The molecule has 0 aromatic heterocycles. The zero-order chi connectivity index (χ0) is 13.8. The first-order valence-corrected chi connectivity index (χ1v) is 8.62. The van der Waals surface area contributed by atoms with Gasteiger partial charge in [-0.1, -0.05) is 44.0 Å². The first-order valence-electron chi connectivity index (χ1n) is 6.71. The van der Waals surface area contributed by atoms with Crippen LogP contribution in [0, 0.1) is 0 Å².